The number of urea groups is 1. The zero-order valence-corrected chi connectivity index (χ0v) is 11.9. The van der Waals surface area contributed by atoms with E-state index >= 15 is 0 Å². The Morgan fingerprint density at radius 3 is 2.76 bits per heavy atom. The summed E-state index contributed by atoms with van der Waals surface area (Å²) < 4.78 is 0. The van der Waals surface area contributed by atoms with Crippen LogP contribution in [-0.4, -0.2) is 39.6 Å². The van der Waals surface area contributed by atoms with Crippen molar-refractivity contribution in [2.75, 3.05) is 11.9 Å². The lowest BCUT2D eigenvalue weighted by Gasteiger charge is -2.25. The van der Waals surface area contributed by atoms with Crippen LogP contribution in [0.3, 0.4) is 0 Å². The molecule has 2 aromatic rings. The molecule has 110 valence electrons. The van der Waals surface area contributed by atoms with Crippen molar-refractivity contribution in [2.45, 2.75) is 19.9 Å². The molecule has 1 heterocycles. The molecule has 0 fully saturated rings. The van der Waals surface area contributed by atoms with Crippen LogP contribution < -0.4 is 5.32 Å². The molecule has 6 nitrogen and oxygen atoms in total. The third-order valence-electron chi connectivity index (χ3n) is 3.12. The van der Waals surface area contributed by atoms with E-state index in [1.807, 2.05) is 18.2 Å². The third kappa shape index (κ3) is 3.47. The summed E-state index contributed by atoms with van der Waals surface area (Å²) in [4.78, 5) is 28.4. The fourth-order valence-corrected chi connectivity index (χ4v) is 2.04. The van der Waals surface area contributed by atoms with Crippen molar-refractivity contribution in [2.24, 2.45) is 0 Å². The van der Waals surface area contributed by atoms with Gasteiger partial charge < -0.3 is 15.3 Å². The van der Waals surface area contributed by atoms with Crippen molar-refractivity contribution < 1.29 is 14.7 Å². The summed E-state index contributed by atoms with van der Waals surface area (Å²) in [6, 6.07) is 6.71. The molecular formula is C15H17N3O3. The standard InChI is InChI=1S/C15H17N3O3/c1-10(2)18(9-14(19)20)15(21)17-13-5-3-4-11-6-7-16-8-12(11)13/h3-8,10H,9H2,1-2H3,(H,17,21)(H,19,20). The molecule has 0 aliphatic rings. The molecule has 21 heavy (non-hydrogen) atoms. The average Bonchev–Trinajstić information content (AvgIpc) is 2.44. The SMILES string of the molecule is CC(C)N(CC(=O)O)C(=O)Nc1cccc2ccncc12. The van der Waals surface area contributed by atoms with Gasteiger partial charge >= 0.3 is 12.0 Å². The van der Waals surface area contributed by atoms with E-state index in [1.54, 1.807) is 32.3 Å². The molecule has 0 bridgehead atoms. The number of nitrogens with zero attached hydrogens (tertiary/aromatic N) is 2. The first-order valence-electron chi connectivity index (χ1n) is 6.61. The second-order valence-electron chi connectivity index (χ2n) is 4.95. The maximum atomic E-state index is 12.3. The number of pyridine rings is 1. The van der Waals surface area contributed by atoms with Crippen molar-refractivity contribution >= 4 is 28.5 Å². The summed E-state index contributed by atoms with van der Waals surface area (Å²) >= 11 is 0. The molecule has 0 saturated carbocycles. The molecule has 2 amide bonds. The summed E-state index contributed by atoms with van der Waals surface area (Å²) in [6.07, 6.45) is 3.35. The molecule has 2 rings (SSSR count). The fourth-order valence-electron chi connectivity index (χ4n) is 2.04. The summed E-state index contributed by atoms with van der Waals surface area (Å²) in [5, 5.41) is 13.4. The van der Waals surface area contributed by atoms with Gasteiger partial charge in [0.25, 0.3) is 0 Å². The lowest BCUT2D eigenvalue weighted by atomic mass is 10.1. The number of nitrogens with one attached hydrogen (secondary N) is 1. The maximum absolute atomic E-state index is 12.3. The maximum Gasteiger partial charge on any atom is 0.323 e. The van der Waals surface area contributed by atoms with E-state index in [1.165, 1.54) is 4.90 Å². The Balaban J connectivity index is 2.26. The summed E-state index contributed by atoms with van der Waals surface area (Å²) in [6.45, 7) is 3.20. The van der Waals surface area contributed by atoms with Gasteiger partial charge in [-0.1, -0.05) is 12.1 Å². The van der Waals surface area contributed by atoms with E-state index in [2.05, 4.69) is 10.3 Å². The van der Waals surface area contributed by atoms with Gasteiger partial charge in [-0.05, 0) is 31.4 Å². The summed E-state index contributed by atoms with van der Waals surface area (Å²) in [7, 11) is 0. The molecule has 6 heteroatoms. The van der Waals surface area contributed by atoms with Crippen LogP contribution in [0.25, 0.3) is 10.8 Å². The Morgan fingerprint density at radius 2 is 2.10 bits per heavy atom. The highest BCUT2D eigenvalue weighted by Gasteiger charge is 2.20. The molecule has 0 atom stereocenters. The molecule has 1 aromatic heterocycles. The number of benzene rings is 1. The van der Waals surface area contributed by atoms with E-state index in [0.717, 1.165) is 10.8 Å². The number of amides is 2. The minimum absolute atomic E-state index is 0.214. The van der Waals surface area contributed by atoms with Crippen molar-refractivity contribution in [3.05, 3.63) is 36.7 Å². The van der Waals surface area contributed by atoms with E-state index in [0.29, 0.717) is 5.69 Å². The summed E-state index contributed by atoms with van der Waals surface area (Å²) in [5.41, 5.74) is 0.613. The van der Waals surface area contributed by atoms with Crippen LogP contribution in [0.2, 0.25) is 0 Å². The number of carbonyl (C=O) groups excluding carboxylic acids is 1. The number of hydrogen-bond donors (Lipinski definition) is 2. The van der Waals surface area contributed by atoms with Gasteiger partial charge in [0.05, 0.1) is 5.69 Å². The Kier molecular flexibility index (Phi) is 4.37. The number of aromatic nitrogens is 1. The van der Waals surface area contributed by atoms with Crippen molar-refractivity contribution in [3.63, 3.8) is 0 Å². The molecule has 0 unspecified atom stereocenters. The molecule has 1 aromatic carbocycles. The first-order chi connectivity index (χ1) is 9.99. The zero-order valence-electron chi connectivity index (χ0n) is 11.9. The highest BCUT2D eigenvalue weighted by molar-refractivity contribution is 6.01. The van der Waals surface area contributed by atoms with Crippen LogP contribution in [0.5, 0.6) is 0 Å². The number of aliphatic carboxylic acids is 1. The Morgan fingerprint density at radius 1 is 1.33 bits per heavy atom. The first-order valence-corrected chi connectivity index (χ1v) is 6.61. The Labute approximate surface area is 122 Å². The van der Waals surface area contributed by atoms with Gasteiger partial charge in [0.2, 0.25) is 0 Å². The van der Waals surface area contributed by atoms with Gasteiger partial charge in [-0.2, -0.15) is 0 Å². The molecule has 2 N–H and O–H groups in total. The van der Waals surface area contributed by atoms with Crippen LogP contribution >= 0.6 is 0 Å². The predicted molar refractivity (Wildman–Crippen MR) is 80.2 cm³/mol. The van der Waals surface area contributed by atoms with E-state index in [9.17, 15) is 9.59 Å². The molecule has 0 spiro atoms. The topological polar surface area (TPSA) is 82.5 Å². The van der Waals surface area contributed by atoms with Gasteiger partial charge in [0.1, 0.15) is 6.54 Å². The van der Waals surface area contributed by atoms with Crippen LogP contribution in [0.15, 0.2) is 36.7 Å². The van der Waals surface area contributed by atoms with Crippen molar-refractivity contribution in [3.8, 4) is 0 Å². The van der Waals surface area contributed by atoms with E-state index < -0.39 is 12.0 Å². The molecule has 0 radical (unpaired) electrons. The van der Waals surface area contributed by atoms with Gasteiger partial charge in [0, 0.05) is 23.8 Å². The summed E-state index contributed by atoms with van der Waals surface area (Å²) in [5.74, 6) is -1.04. The second-order valence-corrected chi connectivity index (χ2v) is 4.95. The fraction of sp³-hybridized carbons (Fsp3) is 0.267. The van der Waals surface area contributed by atoms with Gasteiger partial charge in [-0.15, -0.1) is 0 Å². The third-order valence-corrected chi connectivity index (χ3v) is 3.12. The van der Waals surface area contributed by atoms with Gasteiger partial charge in [-0.25, -0.2) is 4.79 Å². The number of carboxylic acids is 1. The number of carbonyl (C=O) groups is 2. The number of anilines is 1. The minimum atomic E-state index is -1.04. The largest absolute Gasteiger partial charge is 0.480 e. The predicted octanol–water partition coefficient (Wildman–Crippen LogP) is 2.56. The zero-order chi connectivity index (χ0) is 15.4. The van der Waals surface area contributed by atoms with Crippen molar-refractivity contribution in [1.29, 1.82) is 0 Å². The normalized spacial score (nSPS) is 10.6. The Bertz CT molecular complexity index is 665. The number of fused-ring (bicyclic) bond motifs is 1. The Hall–Kier alpha value is -2.63. The van der Waals surface area contributed by atoms with Gasteiger partial charge in [0.15, 0.2) is 0 Å². The van der Waals surface area contributed by atoms with Crippen LogP contribution in [0, 0.1) is 0 Å². The molecule has 0 aliphatic carbocycles. The highest BCUT2D eigenvalue weighted by atomic mass is 16.4. The number of carboxylic acid groups (broad SMARTS) is 1. The smallest absolute Gasteiger partial charge is 0.323 e. The first kappa shape index (κ1) is 14.8. The monoisotopic (exact) mass is 287 g/mol. The minimum Gasteiger partial charge on any atom is -0.480 e. The van der Waals surface area contributed by atoms with Gasteiger partial charge in [-0.3, -0.25) is 9.78 Å². The lowest BCUT2D eigenvalue weighted by Crippen LogP contribution is -2.43. The van der Waals surface area contributed by atoms with E-state index in [-0.39, 0.29) is 12.6 Å². The van der Waals surface area contributed by atoms with Crippen molar-refractivity contribution in [1.82, 2.24) is 9.88 Å². The van der Waals surface area contributed by atoms with Crippen LogP contribution in [0.1, 0.15) is 13.8 Å². The van der Waals surface area contributed by atoms with Crippen LogP contribution in [-0.2, 0) is 4.79 Å². The number of hydrogen-bond acceptors (Lipinski definition) is 3. The highest BCUT2D eigenvalue weighted by Crippen LogP contribution is 2.22. The second kappa shape index (κ2) is 6.21. The molecule has 0 aliphatic heterocycles. The number of rotatable bonds is 4. The lowest BCUT2D eigenvalue weighted by molar-refractivity contribution is -0.137. The molecular weight excluding hydrogens is 270 g/mol. The molecule has 0 saturated heterocycles. The quantitative estimate of drug-likeness (QED) is 0.905. The van der Waals surface area contributed by atoms with Crippen LogP contribution in [0.4, 0.5) is 10.5 Å². The average molecular weight is 287 g/mol. The van der Waals surface area contributed by atoms with E-state index in [4.69, 9.17) is 5.11 Å².